The Kier molecular flexibility index (Phi) is 7.36. The number of hydrogen-bond acceptors (Lipinski definition) is 5. The highest BCUT2D eigenvalue weighted by Gasteiger charge is 2.17. The third-order valence-electron chi connectivity index (χ3n) is 3.19. The first kappa shape index (κ1) is 16.8. The second-order valence-corrected chi connectivity index (χ2v) is 4.65. The summed E-state index contributed by atoms with van der Waals surface area (Å²) >= 11 is 0. The van der Waals surface area contributed by atoms with E-state index in [1.54, 1.807) is 21.3 Å². The summed E-state index contributed by atoms with van der Waals surface area (Å²) in [6, 6.07) is 5.88. The van der Waals surface area contributed by atoms with Crippen LogP contribution in [0.25, 0.3) is 0 Å². The number of nitrogens with zero attached hydrogens (tertiary/aromatic N) is 1. The first-order valence-corrected chi connectivity index (χ1v) is 6.81. The summed E-state index contributed by atoms with van der Waals surface area (Å²) in [7, 11) is 5.07. The third-order valence-corrected chi connectivity index (χ3v) is 3.19. The molecule has 0 aromatic heterocycles. The lowest BCUT2D eigenvalue weighted by molar-refractivity contribution is 0.190. The van der Waals surface area contributed by atoms with Crippen LogP contribution in [0.1, 0.15) is 18.5 Å². The van der Waals surface area contributed by atoms with Crippen LogP contribution in [-0.2, 0) is 9.47 Å². The highest BCUT2D eigenvalue weighted by atomic mass is 16.5. The minimum absolute atomic E-state index is 0.103. The van der Waals surface area contributed by atoms with Crippen molar-refractivity contribution in [2.45, 2.75) is 13.0 Å². The monoisotopic (exact) mass is 282 g/mol. The van der Waals surface area contributed by atoms with Crippen LogP contribution in [0.4, 0.5) is 5.69 Å². The molecule has 0 aliphatic heterocycles. The van der Waals surface area contributed by atoms with Gasteiger partial charge in [-0.1, -0.05) is 6.07 Å². The summed E-state index contributed by atoms with van der Waals surface area (Å²) in [4.78, 5) is 2.22. The van der Waals surface area contributed by atoms with E-state index in [0.717, 1.165) is 30.1 Å². The van der Waals surface area contributed by atoms with E-state index >= 15 is 0 Å². The molecule has 0 aliphatic rings. The van der Waals surface area contributed by atoms with Gasteiger partial charge in [-0.25, -0.2) is 0 Å². The Bertz CT molecular complexity index is 389. The Morgan fingerprint density at radius 3 is 2.15 bits per heavy atom. The van der Waals surface area contributed by atoms with Crippen molar-refractivity contribution in [3.8, 4) is 5.75 Å². The molecule has 0 bridgehead atoms. The fourth-order valence-corrected chi connectivity index (χ4v) is 2.20. The second-order valence-electron chi connectivity index (χ2n) is 4.65. The van der Waals surface area contributed by atoms with Crippen LogP contribution in [0.5, 0.6) is 5.75 Å². The quantitative estimate of drug-likeness (QED) is 0.748. The normalized spacial score (nSPS) is 12.2. The molecule has 0 saturated carbocycles. The maximum Gasteiger partial charge on any atom is 0.125 e. The predicted molar refractivity (Wildman–Crippen MR) is 81.6 cm³/mol. The maximum atomic E-state index is 6.12. The molecule has 0 radical (unpaired) electrons. The second kappa shape index (κ2) is 8.79. The molecule has 0 fully saturated rings. The Balaban J connectivity index is 3.09. The lowest BCUT2D eigenvalue weighted by atomic mass is 10.0. The number of rotatable bonds is 9. The molecule has 0 saturated heterocycles. The highest BCUT2D eigenvalue weighted by Crippen LogP contribution is 2.33. The summed E-state index contributed by atoms with van der Waals surface area (Å²) < 4.78 is 15.8. The molecule has 0 spiro atoms. The smallest absolute Gasteiger partial charge is 0.125 e. The lowest BCUT2D eigenvalue weighted by Crippen LogP contribution is -2.32. The SMILES string of the molecule is COCCN(CCOC)c1cccc(OC)c1[C@@H](C)N. The third kappa shape index (κ3) is 4.37. The molecule has 5 heteroatoms. The van der Waals surface area contributed by atoms with Gasteiger partial charge in [-0.15, -0.1) is 0 Å². The van der Waals surface area contributed by atoms with E-state index in [4.69, 9.17) is 19.9 Å². The number of nitrogens with two attached hydrogens (primary N) is 1. The first-order chi connectivity index (χ1) is 9.65. The van der Waals surface area contributed by atoms with Gasteiger partial charge in [0.25, 0.3) is 0 Å². The van der Waals surface area contributed by atoms with Crippen LogP contribution in [0.15, 0.2) is 18.2 Å². The highest BCUT2D eigenvalue weighted by molar-refractivity contribution is 5.60. The molecule has 0 heterocycles. The molecule has 1 atom stereocenters. The van der Waals surface area contributed by atoms with Gasteiger partial charge in [0.15, 0.2) is 0 Å². The van der Waals surface area contributed by atoms with Crippen LogP contribution >= 0.6 is 0 Å². The van der Waals surface area contributed by atoms with Crippen LogP contribution in [0.2, 0.25) is 0 Å². The van der Waals surface area contributed by atoms with E-state index < -0.39 is 0 Å². The molecule has 5 nitrogen and oxygen atoms in total. The van der Waals surface area contributed by atoms with Crippen LogP contribution in [0, 0.1) is 0 Å². The summed E-state index contributed by atoms with van der Waals surface area (Å²) in [6.07, 6.45) is 0. The molecule has 0 amide bonds. The molecule has 0 aliphatic carbocycles. The van der Waals surface area contributed by atoms with Crippen molar-refractivity contribution in [3.05, 3.63) is 23.8 Å². The van der Waals surface area contributed by atoms with Gasteiger partial charge in [0.2, 0.25) is 0 Å². The van der Waals surface area contributed by atoms with Crippen LogP contribution in [0.3, 0.4) is 0 Å². The molecule has 0 unspecified atom stereocenters. The zero-order valence-electron chi connectivity index (χ0n) is 12.9. The van der Waals surface area contributed by atoms with Crippen molar-refractivity contribution in [2.75, 3.05) is 52.5 Å². The van der Waals surface area contributed by atoms with E-state index in [2.05, 4.69) is 11.0 Å². The Morgan fingerprint density at radius 1 is 1.10 bits per heavy atom. The minimum Gasteiger partial charge on any atom is -0.496 e. The van der Waals surface area contributed by atoms with E-state index in [1.165, 1.54) is 0 Å². The summed E-state index contributed by atoms with van der Waals surface area (Å²) in [5.41, 5.74) is 8.21. The zero-order chi connectivity index (χ0) is 15.0. The average Bonchev–Trinajstić information content (AvgIpc) is 2.46. The standard InChI is InChI=1S/C15H26N2O3/c1-12(16)15-13(6-5-7-14(15)20-4)17(8-10-18-2)9-11-19-3/h5-7,12H,8-11,16H2,1-4H3/t12-/m1/s1. The molecule has 1 aromatic carbocycles. The van der Waals surface area contributed by atoms with Crippen molar-refractivity contribution in [2.24, 2.45) is 5.73 Å². The van der Waals surface area contributed by atoms with E-state index in [0.29, 0.717) is 13.2 Å². The Morgan fingerprint density at radius 2 is 1.70 bits per heavy atom. The number of ether oxygens (including phenoxy) is 3. The molecule has 1 rings (SSSR count). The van der Waals surface area contributed by atoms with Gasteiger partial charge in [-0.3, -0.25) is 0 Å². The van der Waals surface area contributed by atoms with E-state index in [9.17, 15) is 0 Å². The molecule has 1 aromatic rings. The number of anilines is 1. The molecular formula is C15H26N2O3. The van der Waals surface area contributed by atoms with Crippen molar-refractivity contribution in [1.82, 2.24) is 0 Å². The maximum absolute atomic E-state index is 6.12. The summed E-state index contributed by atoms with van der Waals surface area (Å²) in [5.74, 6) is 0.817. The Hall–Kier alpha value is -1.30. The number of benzene rings is 1. The average molecular weight is 282 g/mol. The first-order valence-electron chi connectivity index (χ1n) is 6.81. The largest absolute Gasteiger partial charge is 0.496 e. The van der Waals surface area contributed by atoms with Crippen molar-refractivity contribution in [3.63, 3.8) is 0 Å². The van der Waals surface area contributed by atoms with Crippen molar-refractivity contribution < 1.29 is 14.2 Å². The molecule has 20 heavy (non-hydrogen) atoms. The van der Waals surface area contributed by atoms with Crippen molar-refractivity contribution in [1.29, 1.82) is 0 Å². The van der Waals surface area contributed by atoms with Gasteiger partial charge in [0.05, 0.1) is 20.3 Å². The Labute approximate surface area is 121 Å². The van der Waals surface area contributed by atoms with Crippen molar-refractivity contribution >= 4 is 5.69 Å². The molecule has 2 N–H and O–H groups in total. The number of methoxy groups -OCH3 is 3. The van der Waals surface area contributed by atoms with E-state index in [-0.39, 0.29) is 6.04 Å². The van der Waals surface area contributed by atoms with Gasteiger partial charge >= 0.3 is 0 Å². The summed E-state index contributed by atoms with van der Waals surface area (Å²) in [6.45, 7) is 4.84. The summed E-state index contributed by atoms with van der Waals surface area (Å²) in [5, 5.41) is 0. The molecule has 114 valence electrons. The lowest BCUT2D eigenvalue weighted by Gasteiger charge is -2.28. The number of hydrogen-bond donors (Lipinski definition) is 1. The van der Waals surface area contributed by atoms with E-state index in [1.807, 2.05) is 19.1 Å². The molecular weight excluding hydrogens is 256 g/mol. The van der Waals surface area contributed by atoms with Crippen LogP contribution in [-0.4, -0.2) is 47.6 Å². The fraction of sp³-hybridized carbons (Fsp3) is 0.600. The minimum atomic E-state index is -0.103. The zero-order valence-corrected chi connectivity index (χ0v) is 12.9. The van der Waals surface area contributed by atoms with Gasteiger partial charge < -0.3 is 24.8 Å². The van der Waals surface area contributed by atoms with Gasteiger partial charge in [-0.2, -0.15) is 0 Å². The van der Waals surface area contributed by atoms with Crippen LogP contribution < -0.4 is 15.4 Å². The topological polar surface area (TPSA) is 57.0 Å². The predicted octanol–water partition coefficient (Wildman–Crippen LogP) is 1.81. The van der Waals surface area contributed by atoms with Gasteiger partial charge in [0, 0.05) is 44.6 Å². The van der Waals surface area contributed by atoms with Gasteiger partial charge in [-0.05, 0) is 19.1 Å². The fourth-order valence-electron chi connectivity index (χ4n) is 2.20. The van der Waals surface area contributed by atoms with Gasteiger partial charge in [0.1, 0.15) is 5.75 Å².